The molecule has 0 unspecified atom stereocenters. The minimum Gasteiger partial charge on any atom is -0.389 e. The number of nitrogens with two attached hydrogens (primary N) is 1. The van der Waals surface area contributed by atoms with E-state index < -0.39 is 10.0 Å². The highest BCUT2D eigenvalue weighted by molar-refractivity contribution is 7.89. The van der Waals surface area contributed by atoms with Crippen LogP contribution in [0.1, 0.15) is 17.5 Å². The molecular weight excluding hydrogens is 310 g/mol. The fourth-order valence-electron chi connectivity index (χ4n) is 1.76. The second-order valence-corrected chi connectivity index (χ2v) is 7.08. The molecule has 0 aliphatic carbocycles. The SMILES string of the molecule is CNC(=O)CCN(C)S(=O)(=O)c1ccc(C(N)=S)c(C)c1. The molecule has 0 aliphatic heterocycles. The Labute approximate surface area is 130 Å². The quantitative estimate of drug-likeness (QED) is 0.736. The van der Waals surface area contributed by atoms with Gasteiger partial charge in [0.15, 0.2) is 0 Å². The topological polar surface area (TPSA) is 92.5 Å². The summed E-state index contributed by atoms with van der Waals surface area (Å²) in [5, 5.41) is 2.45. The summed E-state index contributed by atoms with van der Waals surface area (Å²) in [6, 6.07) is 4.59. The van der Waals surface area contributed by atoms with Crippen LogP contribution in [-0.2, 0) is 14.8 Å². The van der Waals surface area contributed by atoms with Crippen LogP contribution in [0.5, 0.6) is 0 Å². The van der Waals surface area contributed by atoms with E-state index in [9.17, 15) is 13.2 Å². The molecule has 0 aromatic heterocycles. The first-order valence-corrected chi connectivity index (χ1v) is 8.12. The Hall–Kier alpha value is -1.51. The zero-order chi connectivity index (χ0) is 16.2. The monoisotopic (exact) mass is 329 g/mol. The van der Waals surface area contributed by atoms with Gasteiger partial charge < -0.3 is 11.1 Å². The maximum atomic E-state index is 12.4. The van der Waals surface area contributed by atoms with Gasteiger partial charge in [-0.1, -0.05) is 18.3 Å². The van der Waals surface area contributed by atoms with Crippen molar-refractivity contribution < 1.29 is 13.2 Å². The van der Waals surface area contributed by atoms with Gasteiger partial charge in [-0.05, 0) is 24.6 Å². The molecule has 21 heavy (non-hydrogen) atoms. The molecule has 0 bridgehead atoms. The molecule has 1 aromatic carbocycles. The number of thiocarbonyl (C=S) groups is 1. The van der Waals surface area contributed by atoms with Crippen LogP contribution >= 0.6 is 12.2 Å². The van der Waals surface area contributed by atoms with E-state index in [2.05, 4.69) is 5.32 Å². The maximum Gasteiger partial charge on any atom is 0.242 e. The molecule has 0 fully saturated rings. The Morgan fingerprint density at radius 2 is 2.05 bits per heavy atom. The summed E-state index contributed by atoms with van der Waals surface area (Å²) >= 11 is 4.89. The predicted molar refractivity (Wildman–Crippen MR) is 85.6 cm³/mol. The first-order chi connectivity index (χ1) is 9.70. The lowest BCUT2D eigenvalue weighted by Crippen LogP contribution is -2.31. The summed E-state index contributed by atoms with van der Waals surface area (Å²) in [4.78, 5) is 11.6. The molecule has 1 amide bonds. The third-order valence-corrected chi connectivity index (χ3v) is 5.18. The molecule has 116 valence electrons. The largest absolute Gasteiger partial charge is 0.389 e. The van der Waals surface area contributed by atoms with Crippen molar-refractivity contribution in [2.45, 2.75) is 18.2 Å². The van der Waals surface area contributed by atoms with Crippen LogP contribution in [-0.4, -0.2) is 44.3 Å². The lowest BCUT2D eigenvalue weighted by atomic mass is 10.1. The van der Waals surface area contributed by atoms with Gasteiger partial charge in [0, 0.05) is 32.6 Å². The summed E-state index contributed by atoms with van der Waals surface area (Å²) < 4.78 is 25.9. The third-order valence-electron chi connectivity index (χ3n) is 3.10. The van der Waals surface area contributed by atoms with Gasteiger partial charge in [-0.2, -0.15) is 0 Å². The summed E-state index contributed by atoms with van der Waals surface area (Å²) in [6.45, 7) is 1.86. The number of hydrogen-bond donors (Lipinski definition) is 2. The summed E-state index contributed by atoms with van der Waals surface area (Å²) in [6.07, 6.45) is 0.107. The van der Waals surface area contributed by atoms with E-state index >= 15 is 0 Å². The summed E-state index contributed by atoms with van der Waals surface area (Å²) in [5.74, 6) is -0.211. The Bertz CT molecular complexity index is 657. The smallest absolute Gasteiger partial charge is 0.242 e. The first kappa shape index (κ1) is 17.5. The second kappa shape index (κ2) is 6.97. The zero-order valence-electron chi connectivity index (χ0n) is 12.2. The molecular formula is C13H19N3O3S2. The fourth-order valence-corrected chi connectivity index (χ4v) is 3.24. The van der Waals surface area contributed by atoms with Gasteiger partial charge in [-0.25, -0.2) is 12.7 Å². The van der Waals surface area contributed by atoms with E-state index in [-0.39, 0.29) is 28.8 Å². The third kappa shape index (κ3) is 4.23. The van der Waals surface area contributed by atoms with Crippen molar-refractivity contribution in [3.05, 3.63) is 29.3 Å². The predicted octanol–water partition coefficient (Wildman–Crippen LogP) is 0.386. The lowest BCUT2D eigenvalue weighted by Gasteiger charge is -2.17. The number of nitrogens with one attached hydrogen (secondary N) is 1. The normalized spacial score (nSPS) is 11.4. The molecule has 1 rings (SSSR count). The molecule has 0 heterocycles. The number of rotatable bonds is 6. The zero-order valence-corrected chi connectivity index (χ0v) is 13.8. The van der Waals surface area contributed by atoms with Crippen molar-refractivity contribution in [1.29, 1.82) is 0 Å². The van der Waals surface area contributed by atoms with Gasteiger partial charge in [-0.3, -0.25) is 4.79 Å². The van der Waals surface area contributed by atoms with Crippen LogP contribution in [0.4, 0.5) is 0 Å². The maximum absolute atomic E-state index is 12.4. The van der Waals surface area contributed by atoms with Crippen molar-refractivity contribution in [2.75, 3.05) is 20.6 Å². The van der Waals surface area contributed by atoms with E-state index in [0.717, 1.165) is 4.31 Å². The number of nitrogens with zero attached hydrogens (tertiary/aromatic N) is 1. The van der Waals surface area contributed by atoms with E-state index in [1.165, 1.54) is 26.2 Å². The van der Waals surface area contributed by atoms with Crippen molar-refractivity contribution in [2.24, 2.45) is 5.73 Å². The van der Waals surface area contributed by atoms with E-state index in [1.54, 1.807) is 13.0 Å². The molecule has 0 aliphatic rings. The van der Waals surface area contributed by atoms with Crippen LogP contribution in [0, 0.1) is 6.92 Å². The molecule has 0 radical (unpaired) electrons. The molecule has 0 spiro atoms. The first-order valence-electron chi connectivity index (χ1n) is 6.27. The van der Waals surface area contributed by atoms with Gasteiger partial charge in [0.2, 0.25) is 15.9 Å². The van der Waals surface area contributed by atoms with Crippen molar-refractivity contribution >= 4 is 33.1 Å². The number of amides is 1. The van der Waals surface area contributed by atoms with E-state index in [1.807, 2.05) is 0 Å². The average molecular weight is 329 g/mol. The van der Waals surface area contributed by atoms with Crippen molar-refractivity contribution in [3.63, 3.8) is 0 Å². The van der Waals surface area contributed by atoms with Crippen LogP contribution in [0.3, 0.4) is 0 Å². The summed E-state index contributed by atoms with van der Waals surface area (Å²) in [7, 11) is -0.690. The van der Waals surface area contributed by atoms with Crippen molar-refractivity contribution in [1.82, 2.24) is 9.62 Å². The average Bonchev–Trinajstić information content (AvgIpc) is 2.43. The molecule has 0 saturated heterocycles. The fraction of sp³-hybridized carbons (Fsp3) is 0.385. The molecule has 0 atom stereocenters. The summed E-state index contributed by atoms with van der Waals surface area (Å²) in [5.41, 5.74) is 6.90. The van der Waals surface area contributed by atoms with Crippen molar-refractivity contribution in [3.8, 4) is 0 Å². The van der Waals surface area contributed by atoms with Crippen LogP contribution in [0.15, 0.2) is 23.1 Å². The van der Waals surface area contributed by atoms with Crippen LogP contribution in [0.2, 0.25) is 0 Å². The molecule has 6 nitrogen and oxygen atoms in total. The highest BCUT2D eigenvalue weighted by atomic mass is 32.2. The lowest BCUT2D eigenvalue weighted by molar-refractivity contribution is -0.120. The molecule has 3 N–H and O–H groups in total. The van der Waals surface area contributed by atoms with E-state index in [0.29, 0.717) is 11.1 Å². The van der Waals surface area contributed by atoms with Gasteiger partial charge in [0.25, 0.3) is 0 Å². The Balaban J connectivity index is 3.00. The van der Waals surface area contributed by atoms with E-state index in [4.69, 9.17) is 18.0 Å². The standard InChI is InChI=1S/C13H19N3O3S2/c1-9-8-10(4-5-11(9)13(14)20)21(18,19)16(3)7-6-12(17)15-2/h4-5,8H,6-7H2,1-3H3,(H2,14,20)(H,15,17). The Kier molecular flexibility index (Phi) is 5.82. The van der Waals surface area contributed by atoms with Gasteiger partial charge >= 0.3 is 0 Å². The van der Waals surface area contributed by atoms with Crippen LogP contribution in [0.25, 0.3) is 0 Å². The number of benzene rings is 1. The van der Waals surface area contributed by atoms with Gasteiger partial charge in [-0.15, -0.1) is 0 Å². The van der Waals surface area contributed by atoms with Gasteiger partial charge in [0.05, 0.1) is 4.90 Å². The highest BCUT2D eigenvalue weighted by Gasteiger charge is 2.22. The minimum atomic E-state index is -3.64. The molecule has 0 saturated carbocycles. The molecule has 8 heteroatoms. The minimum absolute atomic E-state index is 0.107. The number of carbonyl (C=O) groups is 1. The highest BCUT2D eigenvalue weighted by Crippen LogP contribution is 2.18. The molecule has 1 aromatic rings. The number of hydrogen-bond acceptors (Lipinski definition) is 4. The van der Waals surface area contributed by atoms with Crippen LogP contribution < -0.4 is 11.1 Å². The Morgan fingerprint density at radius 1 is 1.43 bits per heavy atom. The Morgan fingerprint density at radius 3 is 2.52 bits per heavy atom. The number of carbonyl (C=O) groups excluding carboxylic acids is 1. The number of aryl methyl sites for hydroxylation is 1. The second-order valence-electron chi connectivity index (χ2n) is 4.59. The number of sulfonamides is 1. The van der Waals surface area contributed by atoms with Gasteiger partial charge in [0.1, 0.15) is 4.99 Å².